The molecule has 0 aromatic heterocycles. The average molecular weight is 400 g/mol. The van der Waals surface area contributed by atoms with Gasteiger partial charge in [0.1, 0.15) is 0 Å². The summed E-state index contributed by atoms with van der Waals surface area (Å²) in [5.74, 6) is 0. The maximum Gasteiger partial charge on any atom is 0.0140 e. The normalized spacial score (nSPS) is 16.6. The van der Waals surface area contributed by atoms with Gasteiger partial charge in [-0.15, -0.1) is 54.7 Å². The number of nitrogens with zero attached hydrogens (tertiary/aromatic N) is 1. The van der Waals surface area contributed by atoms with Gasteiger partial charge < -0.3 is 4.90 Å². The molecule has 4 heteroatoms. The van der Waals surface area contributed by atoms with Gasteiger partial charge in [-0.05, 0) is 31.6 Å². The second kappa shape index (κ2) is 11.1. The molecule has 0 aromatic carbocycles. The monoisotopic (exact) mass is 398 g/mol. The number of hydrogen-bond donors (Lipinski definition) is 0. The molecule has 21 heavy (non-hydrogen) atoms. The zero-order valence-electron chi connectivity index (χ0n) is 12.5. The van der Waals surface area contributed by atoms with Crippen molar-refractivity contribution in [2.24, 2.45) is 0 Å². The smallest absolute Gasteiger partial charge is 0.0140 e. The Morgan fingerprint density at radius 3 is 2.33 bits per heavy atom. The molecule has 3 aliphatic rings. The Bertz CT molecular complexity index is 523. The predicted octanol–water partition coefficient (Wildman–Crippen LogP) is 4.92. The van der Waals surface area contributed by atoms with Crippen LogP contribution in [0.5, 0.6) is 0 Å². The summed E-state index contributed by atoms with van der Waals surface area (Å²) < 4.78 is 0. The van der Waals surface area contributed by atoms with Crippen LogP contribution in [0.4, 0.5) is 0 Å². The summed E-state index contributed by atoms with van der Waals surface area (Å²) in [4.78, 5) is 2.10. The Labute approximate surface area is 159 Å². The van der Waals surface area contributed by atoms with Gasteiger partial charge in [0.2, 0.25) is 0 Å². The van der Waals surface area contributed by atoms with Gasteiger partial charge in [0, 0.05) is 45.1 Å². The van der Waals surface area contributed by atoms with Crippen LogP contribution < -0.4 is 0 Å². The van der Waals surface area contributed by atoms with Crippen LogP contribution in [0.25, 0.3) is 0 Å². The van der Waals surface area contributed by atoms with E-state index in [1.165, 1.54) is 22.4 Å². The topological polar surface area (TPSA) is 3.24 Å². The summed E-state index contributed by atoms with van der Waals surface area (Å²) >= 11 is 0. The molecular formula is C17H20Cl2NZr-. The standard InChI is InChI=1S/C9H13N.C8H5.2ClH.Zr/c1-8-4-5-9(2)10(3)7-6-8;1-3-7-5-2-6-8(7)4-1;;;/h4-7H,1-3H3;1-5H;2*1H;/q;-1;;;. The first kappa shape index (κ1) is 22.7. The predicted molar refractivity (Wildman–Crippen MR) is 92.0 cm³/mol. The van der Waals surface area contributed by atoms with Crippen LogP contribution in [0.15, 0.2) is 77.2 Å². The van der Waals surface area contributed by atoms with Crippen molar-refractivity contribution in [3.63, 3.8) is 0 Å². The van der Waals surface area contributed by atoms with E-state index in [0.29, 0.717) is 0 Å². The quantitative estimate of drug-likeness (QED) is 0.522. The third-order valence-electron chi connectivity index (χ3n) is 3.06. The first-order chi connectivity index (χ1) is 8.66. The van der Waals surface area contributed by atoms with Gasteiger partial charge in [-0.25, -0.2) is 0 Å². The van der Waals surface area contributed by atoms with E-state index in [0.717, 1.165) is 0 Å². The van der Waals surface area contributed by atoms with Gasteiger partial charge in [0.25, 0.3) is 0 Å². The Balaban J connectivity index is 0. The summed E-state index contributed by atoms with van der Waals surface area (Å²) in [6.07, 6.45) is 21.7. The Morgan fingerprint density at radius 1 is 0.952 bits per heavy atom. The molecule has 1 aliphatic heterocycles. The van der Waals surface area contributed by atoms with E-state index < -0.39 is 0 Å². The summed E-state index contributed by atoms with van der Waals surface area (Å²) in [6.45, 7) is 4.19. The SMILES string of the molecule is CC1=CC=C(C)N(C)C=C1.Cl.Cl.[C-]1=CC=C2C=CC=C12.[Zr]. The largest absolute Gasteiger partial charge is 0.355 e. The Morgan fingerprint density at radius 2 is 1.67 bits per heavy atom. The maximum absolute atomic E-state index is 3.10. The molecule has 112 valence electrons. The molecule has 0 amide bonds. The van der Waals surface area contributed by atoms with Crippen LogP contribution in [0.2, 0.25) is 0 Å². The van der Waals surface area contributed by atoms with E-state index in [1.54, 1.807) is 0 Å². The molecule has 0 fully saturated rings. The molecule has 2 aliphatic carbocycles. The fourth-order valence-electron chi connectivity index (χ4n) is 1.70. The Hall–Kier alpha value is -0.557. The molecule has 0 bridgehead atoms. The first-order valence-electron chi connectivity index (χ1n) is 6.12. The molecular weight excluding hydrogens is 380 g/mol. The van der Waals surface area contributed by atoms with Crippen LogP contribution in [0.3, 0.4) is 0 Å². The molecule has 0 N–H and O–H groups in total. The molecule has 0 saturated carbocycles. The second-order valence-corrected chi connectivity index (χ2v) is 4.52. The van der Waals surface area contributed by atoms with Crippen LogP contribution in [-0.4, -0.2) is 11.9 Å². The van der Waals surface area contributed by atoms with E-state index in [-0.39, 0.29) is 51.0 Å². The summed E-state index contributed by atoms with van der Waals surface area (Å²) in [7, 11) is 2.05. The maximum atomic E-state index is 3.10. The number of fused-ring (bicyclic) bond motifs is 1. The third kappa shape index (κ3) is 6.82. The van der Waals surface area contributed by atoms with Gasteiger partial charge in [-0.3, -0.25) is 0 Å². The number of hydrogen-bond acceptors (Lipinski definition) is 1. The van der Waals surface area contributed by atoms with E-state index in [9.17, 15) is 0 Å². The van der Waals surface area contributed by atoms with E-state index in [2.05, 4.69) is 74.5 Å². The molecule has 0 radical (unpaired) electrons. The molecule has 3 rings (SSSR count). The molecule has 0 atom stereocenters. The molecule has 0 unspecified atom stereocenters. The van der Waals surface area contributed by atoms with Crippen LogP contribution in [0.1, 0.15) is 13.8 Å². The third-order valence-corrected chi connectivity index (χ3v) is 3.06. The molecule has 0 aromatic rings. The van der Waals surface area contributed by atoms with Crippen LogP contribution >= 0.6 is 24.8 Å². The van der Waals surface area contributed by atoms with Crippen molar-refractivity contribution >= 4 is 24.8 Å². The van der Waals surface area contributed by atoms with Crippen molar-refractivity contribution in [3.05, 3.63) is 83.3 Å². The minimum Gasteiger partial charge on any atom is -0.355 e. The zero-order valence-corrected chi connectivity index (χ0v) is 16.6. The van der Waals surface area contributed by atoms with Gasteiger partial charge >= 0.3 is 0 Å². The molecule has 0 saturated heterocycles. The van der Waals surface area contributed by atoms with Gasteiger partial charge in [-0.2, -0.15) is 17.7 Å². The number of rotatable bonds is 0. The summed E-state index contributed by atoms with van der Waals surface area (Å²) in [5, 5.41) is 0. The summed E-state index contributed by atoms with van der Waals surface area (Å²) in [6, 6.07) is 0. The van der Waals surface area contributed by atoms with E-state index in [1.807, 2.05) is 12.2 Å². The van der Waals surface area contributed by atoms with Crippen molar-refractivity contribution < 1.29 is 26.2 Å². The van der Waals surface area contributed by atoms with Crippen LogP contribution in [-0.2, 0) is 26.2 Å². The van der Waals surface area contributed by atoms with E-state index >= 15 is 0 Å². The van der Waals surface area contributed by atoms with Crippen molar-refractivity contribution in [1.82, 2.24) is 4.90 Å². The molecule has 1 nitrogen and oxygen atoms in total. The number of allylic oxidation sites excluding steroid dienone is 13. The van der Waals surface area contributed by atoms with Crippen LogP contribution in [0, 0.1) is 6.08 Å². The van der Waals surface area contributed by atoms with Gasteiger partial charge in [0.15, 0.2) is 0 Å². The summed E-state index contributed by atoms with van der Waals surface area (Å²) in [5.41, 5.74) is 5.09. The van der Waals surface area contributed by atoms with E-state index in [4.69, 9.17) is 0 Å². The minimum atomic E-state index is 0. The molecule has 1 heterocycles. The Kier molecular flexibility index (Phi) is 12.0. The van der Waals surface area contributed by atoms with Crippen molar-refractivity contribution in [1.29, 1.82) is 0 Å². The van der Waals surface area contributed by atoms with Crippen molar-refractivity contribution in [2.45, 2.75) is 13.8 Å². The van der Waals surface area contributed by atoms with Crippen molar-refractivity contribution in [3.8, 4) is 0 Å². The van der Waals surface area contributed by atoms with Gasteiger partial charge in [0.05, 0.1) is 0 Å². The number of halogens is 2. The fraction of sp³-hybridized carbons (Fsp3) is 0.176. The fourth-order valence-corrected chi connectivity index (χ4v) is 1.70. The average Bonchev–Trinajstić information content (AvgIpc) is 2.93. The zero-order chi connectivity index (χ0) is 13.0. The van der Waals surface area contributed by atoms with Crippen molar-refractivity contribution in [2.75, 3.05) is 7.05 Å². The molecule has 0 spiro atoms. The second-order valence-electron chi connectivity index (χ2n) is 4.52. The minimum absolute atomic E-state index is 0. The van der Waals surface area contributed by atoms with Gasteiger partial charge in [-0.1, -0.05) is 6.08 Å². The first-order valence-corrected chi connectivity index (χ1v) is 6.12.